The Labute approximate surface area is 96.9 Å². The van der Waals surface area contributed by atoms with Gasteiger partial charge in [0.25, 0.3) is 0 Å². The van der Waals surface area contributed by atoms with Crippen molar-refractivity contribution in [3.05, 3.63) is 12.2 Å². The van der Waals surface area contributed by atoms with Crippen LogP contribution in [0.1, 0.15) is 31.5 Å². The molecule has 5 heteroatoms. The maximum absolute atomic E-state index is 8.61. The van der Waals surface area contributed by atoms with E-state index in [1.54, 1.807) is 6.33 Å². The van der Waals surface area contributed by atoms with Gasteiger partial charge in [-0.1, -0.05) is 12.8 Å². The summed E-state index contributed by atoms with van der Waals surface area (Å²) >= 11 is 0. The first-order chi connectivity index (χ1) is 7.84. The van der Waals surface area contributed by atoms with E-state index in [9.17, 15) is 0 Å². The minimum absolute atomic E-state index is 0.319. The Morgan fingerprint density at radius 3 is 2.75 bits per heavy atom. The van der Waals surface area contributed by atoms with Crippen LogP contribution in [0.15, 0.2) is 6.33 Å². The first-order valence-electron chi connectivity index (χ1n) is 5.99. The smallest absolute Gasteiger partial charge is 0.133 e. The van der Waals surface area contributed by atoms with E-state index >= 15 is 0 Å². The van der Waals surface area contributed by atoms with Crippen LogP contribution in [0.4, 0.5) is 0 Å². The Morgan fingerprint density at radius 1 is 1.25 bits per heavy atom. The van der Waals surface area contributed by atoms with Crippen molar-refractivity contribution in [3.8, 4) is 0 Å². The molecule has 0 saturated carbocycles. The molecule has 0 saturated heterocycles. The van der Waals surface area contributed by atoms with Gasteiger partial charge in [0, 0.05) is 26.6 Å². The second-order valence-electron chi connectivity index (χ2n) is 4.00. The summed E-state index contributed by atoms with van der Waals surface area (Å²) in [5, 5.41) is 19.8. The van der Waals surface area contributed by atoms with Crippen LogP contribution >= 0.6 is 0 Å². The maximum Gasteiger partial charge on any atom is 0.133 e. The second-order valence-corrected chi connectivity index (χ2v) is 4.00. The van der Waals surface area contributed by atoms with Crippen LogP contribution in [0.5, 0.6) is 0 Å². The van der Waals surface area contributed by atoms with Crippen molar-refractivity contribution in [1.29, 1.82) is 0 Å². The van der Waals surface area contributed by atoms with Gasteiger partial charge in [0.2, 0.25) is 0 Å². The zero-order valence-corrected chi connectivity index (χ0v) is 10.0. The predicted octanol–water partition coefficient (Wildman–Crippen LogP) is 0.500. The molecule has 0 aliphatic carbocycles. The molecule has 0 amide bonds. The zero-order chi connectivity index (χ0) is 11.6. The molecule has 2 N–H and O–H groups in total. The molecule has 1 rings (SSSR count). The molecule has 16 heavy (non-hydrogen) atoms. The van der Waals surface area contributed by atoms with Crippen LogP contribution in [-0.4, -0.2) is 39.6 Å². The molecule has 0 atom stereocenters. The minimum atomic E-state index is 0.319. The lowest BCUT2D eigenvalue weighted by Crippen LogP contribution is -2.19. The number of rotatable bonds is 9. The molecule has 92 valence electrons. The van der Waals surface area contributed by atoms with E-state index in [4.69, 9.17) is 5.11 Å². The van der Waals surface area contributed by atoms with Gasteiger partial charge in [-0.2, -0.15) is 0 Å². The number of hydrogen-bond donors (Lipinski definition) is 2. The highest BCUT2D eigenvalue weighted by Gasteiger charge is 1.98. The van der Waals surface area contributed by atoms with E-state index in [1.807, 2.05) is 11.6 Å². The maximum atomic E-state index is 8.61. The molecule has 5 nitrogen and oxygen atoms in total. The molecule has 0 aliphatic rings. The van der Waals surface area contributed by atoms with E-state index in [1.165, 1.54) is 12.8 Å². The number of nitrogens with zero attached hydrogens (tertiary/aromatic N) is 3. The summed E-state index contributed by atoms with van der Waals surface area (Å²) in [6.07, 6.45) is 7.08. The summed E-state index contributed by atoms with van der Waals surface area (Å²) < 4.78 is 1.95. The van der Waals surface area contributed by atoms with E-state index in [0.717, 1.165) is 38.2 Å². The molecule has 0 unspecified atom stereocenters. The van der Waals surface area contributed by atoms with Gasteiger partial charge in [0.15, 0.2) is 0 Å². The van der Waals surface area contributed by atoms with Gasteiger partial charge in [-0.05, 0) is 19.4 Å². The van der Waals surface area contributed by atoms with E-state index < -0.39 is 0 Å². The molecule has 1 aromatic rings. The van der Waals surface area contributed by atoms with Crippen LogP contribution in [0.3, 0.4) is 0 Å². The summed E-state index contributed by atoms with van der Waals surface area (Å²) in [5.41, 5.74) is 0. The lowest BCUT2D eigenvalue weighted by molar-refractivity contribution is 0.282. The highest BCUT2D eigenvalue weighted by molar-refractivity contribution is 4.84. The highest BCUT2D eigenvalue weighted by atomic mass is 16.2. The molecule has 1 heterocycles. The van der Waals surface area contributed by atoms with Crippen LogP contribution in [0.25, 0.3) is 0 Å². The zero-order valence-electron chi connectivity index (χ0n) is 10.0. The third-order valence-corrected chi connectivity index (χ3v) is 2.59. The predicted molar refractivity (Wildman–Crippen MR) is 63.1 cm³/mol. The van der Waals surface area contributed by atoms with Gasteiger partial charge < -0.3 is 15.0 Å². The number of aromatic nitrogens is 3. The SMILES string of the molecule is Cn1cnnc1CCNCCCCCCO. The van der Waals surface area contributed by atoms with Gasteiger partial charge in [0.1, 0.15) is 12.2 Å². The van der Waals surface area contributed by atoms with E-state index in [-0.39, 0.29) is 0 Å². The average molecular weight is 226 g/mol. The molecule has 0 spiro atoms. The largest absolute Gasteiger partial charge is 0.396 e. The van der Waals surface area contributed by atoms with Crippen molar-refractivity contribution in [1.82, 2.24) is 20.1 Å². The third-order valence-electron chi connectivity index (χ3n) is 2.59. The van der Waals surface area contributed by atoms with Gasteiger partial charge in [-0.15, -0.1) is 10.2 Å². The number of aryl methyl sites for hydroxylation is 1. The molecule has 0 aliphatic heterocycles. The fourth-order valence-electron chi connectivity index (χ4n) is 1.57. The molecule has 0 fully saturated rings. The Kier molecular flexibility index (Phi) is 6.76. The van der Waals surface area contributed by atoms with Crippen LogP contribution in [-0.2, 0) is 13.5 Å². The van der Waals surface area contributed by atoms with Crippen molar-refractivity contribution < 1.29 is 5.11 Å². The van der Waals surface area contributed by atoms with Crippen LogP contribution in [0, 0.1) is 0 Å². The van der Waals surface area contributed by atoms with Crippen molar-refractivity contribution >= 4 is 0 Å². The molecular weight excluding hydrogens is 204 g/mol. The molecule has 1 aromatic heterocycles. The summed E-state index contributed by atoms with van der Waals surface area (Å²) in [6, 6.07) is 0. The van der Waals surface area contributed by atoms with Crippen LogP contribution in [0.2, 0.25) is 0 Å². The highest BCUT2D eigenvalue weighted by Crippen LogP contribution is 1.97. The first kappa shape index (κ1) is 13.1. The summed E-state index contributed by atoms with van der Waals surface area (Å²) in [6.45, 7) is 2.31. The van der Waals surface area contributed by atoms with Gasteiger partial charge >= 0.3 is 0 Å². The Morgan fingerprint density at radius 2 is 2.06 bits per heavy atom. The fourth-order valence-corrected chi connectivity index (χ4v) is 1.57. The van der Waals surface area contributed by atoms with Gasteiger partial charge in [-0.25, -0.2) is 0 Å². The molecular formula is C11H22N4O. The van der Waals surface area contributed by atoms with Gasteiger partial charge in [0.05, 0.1) is 0 Å². The van der Waals surface area contributed by atoms with Crippen LogP contribution < -0.4 is 5.32 Å². The number of unbranched alkanes of at least 4 members (excludes halogenated alkanes) is 3. The molecule has 0 bridgehead atoms. The standard InChI is InChI=1S/C11H22N4O/c1-15-10-13-14-11(15)6-8-12-7-4-2-3-5-9-16/h10,12,16H,2-9H2,1H3. The normalized spacial score (nSPS) is 10.9. The summed E-state index contributed by atoms with van der Waals surface area (Å²) in [4.78, 5) is 0. The quantitative estimate of drug-likeness (QED) is 0.602. The Balaban J connectivity index is 1.91. The average Bonchev–Trinajstić information content (AvgIpc) is 2.68. The van der Waals surface area contributed by atoms with Crippen molar-refractivity contribution in [2.45, 2.75) is 32.1 Å². The van der Waals surface area contributed by atoms with E-state index in [0.29, 0.717) is 6.61 Å². The fraction of sp³-hybridized carbons (Fsp3) is 0.818. The number of aliphatic hydroxyl groups is 1. The van der Waals surface area contributed by atoms with Crippen molar-refractivity contribution in [3.63, 3.8) is 0 Å². The monoisotopic (exact) mass is 226 g/mol. The topological polar surface area (TPSA) is 63.0 Å². The number of aliphatic hydroxyl groups excluding tert-OH is 1. The lowest BCUT2D eigenvalue weighted by Gasteiger charge is -2.04. The number of nitrogens with one attached hydrogen (secondary N) is 1. The summed E-state index contributed by atoms with van der Waals surface area (Å²) in [7, 11) is 1.96. The van der Waals surface area contributed by atoms with Crippen molar-refractivity contribution in [2.24, 2.45) is 7.05 Å². The first-order valence-corrected chi connectivity index (χ1v) is 5.99. The second kappa shape index (κ2) is 8.24. The Bertz CT molecular complexity index is 275. The third kappa shape index (κ3) is 5.23. The lowest BCUT2D eigenvalue weighted by atomic mass is 10.2. The molecule has 0 radical (unpaired) electrons. The summed E-state index contributed by atoms with van der Waals surface area (Å²) in [5.74, 6) is 1.02. The number of hydrogen-bond acceptors (Lipinski definition) is 4. The van der Waals surface area contributed by atoms with Crippen molar-refractivity contribution in [2.75, 3.05) is 19.7 Å². The minimum Gasteiger partial charge on any atom is -0.396 e. The van der Waals surface area contributed by atoms with E-state index in [2.05, 4.69) is 15.5 Å². The Hall–Kier alpha value is -0.940. The molecule has 0 aromatic carbocycles. The van der Waals surface area contributed by atoms with Gasteiger partial charge in [-0.3, -0.25) is 0 Å².